The van der Waals surface area contributed by atoms with Crippen molar-refractivity contribution in [1.29, 1.82) is 0 Å². The van der Waals surface area contributed by atoms with Crippen molar-refractivity contribution in [2.75, 3.05) is 24.5 Å². The van der Waals surface area contributed by atoms with Gasteiger partial charge in [-0.15, -0.1) is 0 Å². The molecule has 1 amide bonds. The lowest BCUT2D eigenvalue weighted by atomic mass is 9.96. The maximum Gasteiger partial charge on any atom is 0.278 e. The lowest BCUT2D eigenvalue weighted by molar-refractivity contribution is -0.383. The molecule has 1 aromatic carbocycles. The number of hydrogen-bond acceptors (Lipinski definition) is 5. The summed E-state index contributed by atoms with van der Waals surface area (Å²) in [5.74, 6) is 0.0388. The Morgan fingerprint density at radius 2 is 2.27 bits per heavy atom. The van der Waals surface area contributed by atoms with E-state index in [0.717, 1.165) is 37.9 Å². The standard InChI is InChI=1S/C19H24N4O3/c1-2-3-10-21-19(24)14-6-5-12-22(13-14)17-9-8-16(23(25)26)15-7-4-11-20-18(15)17/h4,7-9,11,14H,2-3,5-6,10,12-13H2,1H3,(H,21,24). The molecule has 1 aliphatic rings. The number of carbonyl (C=O) groups excluding carboxylic acids is 1. The molecule has 1 N–H and O–H groups in total. The van der Waals surface area contributed by atoms with E-state index in [0.29, 0.717) is 24.0 Å². The van der Waals surface area contributed by atoms with Crippen molar-refractivity contribution in [2.24, 2.45) is 5.92 Å². The summed E-state index contributed by atoms with van der Waals surface area (Å²) in [6.45, 7) is 4.25. The van der Waals surface area contributed by atoms with Gasteiger partial charge in [-0.25, -0.2) is 0 Å². The maximum atomic E-state index is 12.4. The van der Waals surface area contributed by atoms with Crippen molar-refractivity contribution in [2.45, 2.75) is 32.6 Å². The van der Waals surface area contributed by atoms with Crippen molar-refractivity contribution in [3.8, 4) is 0 Å². The number of nitrogens with zero attached hydrogens (tertiary/aromatic N) is 3. The number of nitro groups is 1. The van der Waals surface area contributed by atoms with E-state index in [1.165, 1.54) is 6.07 Å². The van der Waals surface area contributed by atoms with Crippen molar-refractivity contribution in [3.63, 3.8) is 0 Å². The van der Waals surface area contributed by atoms with Crippen LogP contribution >= 0.6 is 0 Å². The number of carbonyl (C=O) groups is 1. The third kappa shape index (κ3) is 3.76. The molecule has 2 heterocycles. The predicted molar refractivity (Wildman–Crippen MR) is 101 cm³/mol. The predicted octanol–water partition coefficient (Wildman–Crippen LogP) is 3.28. The molecule has 2 aromatic rings. The first-order chi connectivity index (χ1) is 12.6. The number of hydrogen-bond donors (Lipinski definition) is 1. The number of anilines is 1. The van der Waals surface area contributed by atoms with Crippen LogP contribution in [0.25, 0.3) is 10.9 Å². The second kappa shape index (κ2) is 8.12. The number of non-ortho nitro benzene ring substituents is 1. The SMILES string of the molecule is CCCCNC(=O)C1CCCN(c2ccc([N+](=O)[O-])c3cccnc23)C1. The van der Waals surface area contributed by atoms with Crippen LogP contribution in [0.2, 0.25) is 0 Å². The molecule has 7 heteroatoms. The Bertz CT molecular complexity index is 808. The Morgan fingerprint density at radius 1 is 1.42 bits per heavy atom. The number of aromatic nitrogens is 1. The minimum atomic E-state index is -0.381. The summed E-state index contributed by atoms with van der Waals surface area (Å²) in [6, 6.07) is 6.72. The number of fused-ring (bicyclic) bond motifs is 1. The van der Waals surface area contributed by atoms with Crippen molar-refractivity contribution in [3.05, 3.63) is 40.6 Å². The average molecular weight is 356 g/mol. The van der Waals surface area contributed by atoms with E-state index < -0.39 is 0 Å². The number of nitrogens with one attached hydrogen (secondary N) is 1. The smallest absolute Gasteiger partial charge is 0.278 e. The minimum absolute atomic E-state index is 0.0581. The highest BCUT2D eigenvalue weighted by molar-refractivity contribution is 5.97. The molecule has 1 atom stereocenters. The van der Waals surface area contributed by atoms with Gasteiger partial charge in [0.1, 0.15) is 5.52 Å². The van der Waals surface area contributed by atoms with E-state index in [4.69, 9.17) is 0 Å². The summed E-state index contributed by atoms with van der Waals surface area (Å²) in [5, 5.41) is 14.8. The summed E-state index contributed by atoms with van der Waals surface area (Å²) in [6.07, 6.45) is 5.47. The number of nitro benzene ring substituents is 1. The number of pyridine rings is 1. The monoisotopic (exact) mass is 356 g/mol. The average Bonchev–Trinajstić information content (AvgIpc) is 2.67. The zero-order chi connectivity index (χ0) is 18.5. The third-order valence-corrected chi connectivity index (χ3v) is 4.88. The van der Waals surface area contributed by atoms with Gasteiger partial charge in [-0.1, -0.05) is 13.3 Å². The third-order valence-electron chi connectivity index (χ3n) is 4.88. The number of unbranched alkanes of at least 4 members (excludes halogenated alkanes) is 1. The van der Waals surface area contributed by atoms with E-state index in [1.54, 1.807) is 24.4 Å². The van der Waals surface area contributed by atoms with Gasteiger partial charge < -0.3 is 10.2 Å². The summed E-state index contributed by atoms with van der Waals surface area (Å²) in [4.78, 5) is 29.8. The molecular formula is C19H24N4O3. The fraction of sp³-hybridized carbons (Fsp3) is 0.474. The number of piperidine rings is 1. The van der Waals surface area contributed by atoms with Crippen LogP contribution in [0.3, 0.4) is 0 Å². The normalized spacial score (nSPS) is 17.3. The first kappa shape index (κ1) is 18.1. The molecule has 0 radical (unpaired) electrons. The van der Waals surface area contributed by atoms with E-state index in [2.05, 4.69) is 22.1 Å². The summed E-state index contributed by atoms with van der Waals surface area (Å²) < 4.78 is 0. The molecule has 0 spiro atoms. The van der Waals surface area contributed by atoms with E-state index in [1.807, 2.05) is 0 Å². The van der Waals surface area contributed by atoms with Gasteiger partial charge in [0.25, 0.3) is 5.69 Å². The van der Waals surface area contributed by atoms with Crippen LogP contribution in [0, 0.1) is 16.0 Å². The van der Waals surface area contributed by atoms with Crippen LogP contribution in [0.15, 0.2) is 30.5 Å². The van der Waals surface area contributed by atoms with Gasteiger partial charge in [0.15, 0.2) is 0 Å². The molecule has 7 nitrogen and oxygen atoms in total. The van der Waals surface area contributed by atoms with Gasteiger partial charge in [-0.05, 0) is 37.5 Å². The van der Waals surface area contributed by atoms with E-state index in [9.17, 15) is 14.9 Å². The van der Waals surface area contributed by atoms with Crippen LogP contribution in [-0.4, -0.2) is 35.4 Å². The summed E-state index contributed by atoms with van der Waals surface area (Å²) >= 11 is 0. The Kier molecular flexibility index (Phi) is 5.65. The molecule has 1 aromatic heterocycles. The second-order valence-electron chi connectivity index (χ2n) is 6.69. The minimum Gasteiger partial charge on any atom is -0.369 e. The molecule has 1 unspecified atom stereocenters. The molecular weight excluding hydrogens is 332 g/mol. The molecule has 0 saturated carbocycles. The van der Waals surface area contributed by atoms with Crippen LogP contribution in [-0.2, 0) is 4.79 Å². The quantitative estimate of drug-likeness (QED) is 0.487. The second-order valence-corrected chi connectivity index (χ2v) is 6.69. The van der Waals surface area contributed by atoms with Crippen molar-refractivity contribution in [1.82, 2.24) is 10.3 Å². The highest BCUT2D eigenvalue weighted by atomic mass is 16.6. The molecule has 1 fully saturated rings. The Hall–Kier alpha value is -2.70. The highest BCUT2D eigenvalue weighted by Gasteiger charge is 2.27. The van der Waals surface area contributed by atoms with Crippen LogP contribution in [0.5, 0.6) is 0 Å². The van der Waals surface area contributed by atoms with E-state index >= 15 is 0 Å². The van der Waals surface area contributed by atoms with E-state index in [-0.39, 0.29) is 22.4 Å². The van der Waals surface area contributed by atoms with Gasteiger partial charge in [0, 0.05) is 31.9 Å². The molecule has 0 bridgehead atoms. The maximum absolute atomic E-state index is 12.4. The largest absolute Gasteiger partial charge is 0.369 e. The zero-order valence-electron chi connectivity index (χ0n) is 15.0. The number of amides is 1. The van der Waals surface area contributed by atoms with Gasteiger partial charge >= 0.3 is 0 Å². The number of benzene rings is 1. The molecule has 0 aliphatic carbocycles. The van der Waals surface area contributed by atoms with Gasteiger partial charge in [0.05, 0.1) is 21.9 Å². The molecule has 138 valence electrons. The van der Waals surface area contributed by atoms with Gasteiger partial charge in [0.2, 0.25) is 5.91 Å². The zero-order valence-corrected chi connectivity index (χ0v) is 15.0. The fourth-order valence-corrected chi connectivity index (χ4v) is 3.50. The van der Waals surface area contributed by atoms with Crippen molar-refractivity contribution >= 4 is 28.2 Å². The Balaban J connectivity index is 1.84. The molecule has 1 saturated heterocycles. The topological polar surface area (TPSA) is 88.4 Å². The lowest BCUT2D eigenvalue weighted by Crippen LogP contribution is -2.43. The Labute approximate surface area is 152 Å². The Morgan fingerprint density at radius 3 is 3.04 bits per heavy atom. The first-order valence-corrected chi connectivity index (χ1v) is 9.16. The summed E-state index contributed by atoms with van der Waals surface area (Å²) in [7, 11) is 0. The number of rotatable bonds is 6. The summed E-state index contributed by atoms with van der Waals surface area (Å²) in [5.41, 5.74) is 1.54. The highest BCUT2D eigenvalue weighted by Crippen LogP contribution is 2.34. The molecule has 1 aliphatic heterocycles. The fourth-order valence-electron chi connectivity index (χ4n) is 3.50. The van der Waals surface area contributed by atoms with Crippen LogP contribution < -0.4 is 10.2 Å². The van der Waals surface area contributed by atoms with Gasteiger partial charge in [-0.2, -0.15) is 0 Å². The molecule has 3 rings (SSSR count). The van der Waals surface area contributed by atoms with Gasteiger partial charge in [-0.3, -0.25) is 19.9 Å². The molecule has 26 heavy (non-hydrogen) atoms. The van der Waals surface area contributed by atoms with Crippen LogP contribution in [0.4, 0.5) is 11.4 Å². The van der Waals surface area contributed by atoms with Crippen molar-refractivity contribution < 1.29 is 9.72 Å². The first-order valence-electron chi connectivity index (χ1n) is 9.16. The van der Waals surface area contributed by atoms with Crippen LogP contribution in [0.1, 0.15) is 32.6 Å². The lowest BCUT2D eigenvalue weighted by Gasteiger charge is -2.34.